The standard InChI is InChI=1S/C20H30F3N5O/c1-19(2,3)17(29)25-8-9-26-18(24-4)28-12-10-27(11-13-28)16-7-5-6-15(14-16)20(21,22)23/h5-7,14H,8-13H2,1-4H3,(H,24,26)(H,25,29). The van der Waals surface area contributed by atoms with Gasteiger partial charge in [-0.25, -0.2) is 0 Å². The van der Waals surface area contributed by atoms with Crippen molar-refractivity contribution < 1.29 is 18.0 Å². The summed E-state index contributed by atoms with van der Waals surface area (Å²) in [7, 11) is 1.69. The molecule has 29 heavy (non-hydrogen) atoms. The zero-order valence-corrected chi connectivity index (χ0v) is 17.4. The fraction of sp³-hybridized carbons (Fsp3) is 0.600. The maximum atomic E-state index is 12.9. The van der Waals surface area contributed by atoms with Crippen LogP contribution in [-0.2, 0) is 11.0 Å². The number of amides is 1. The topological polar surface area (TPSA) is 60.0 Å². The van der Waals surface area contributed by atoms with Gasteiger partial charge in [0, 0.05) is 57.4 Å². The monoisotopic (exact) mass is 413 g/mol. The molecule has 1 aliphatic heterocycles. The first-order valence-corrected chi connectivity index (χ1v) is 9.68. The van der Waals surface area contributed by atoms with Crippen LogP contribution in [0.2, 0.25) is 0 Å². The first-order valence-electron chi connectivity index (χ1n) is 9.68. The van der Waals surface area contributed by atoms with E-state index < -0.39 is 17.2 Å². The van der Waals surface area contributed by atoms with Crippen molar-refractivity contribution in [2.24, 2.45) is 10.4 Å². The molecule has 2 rings (SSSR count). The third-order valence-electron chi connectivity index (χ3n) is 4.70. The lowest BCUT2D eigenvalue weighted by atomic mass is 9.96. The Bertz CT molecular complexity index is 720. The minimum absolute atomic E-state index is 0.0102. The molecule has 1 aliphatic rings. The molecular formula is C20H30F3N5O. The van der Waals surface area contributed by atoms with Crippen molar-refractivity contribution in [3.8, 4) is 0 Å². The third kappa shape index (κ3) is 6.54. The number of piperazine rings is 1. The van der Waals surface area contributed by atoms with Gasteiger partial charge < -0.3 is 20.4 Å². The van der Waals surface area contributed by atoms with Crippen molar-refractivity contribution in [3.63, 3.8) is 0 Å². The van der Waals surface area contributed by atoms with Crippen LogP contribution in [-0.4, -0.2) is 63.1 Å². The predicted molar refractivity (Wildman–Crippen MR) is 109 cm³/mol. The van der Waals surface area contributed by atoms with Crippen molar-refractivity contribution in [1.82, 2.24) is 15.5 Å². The lowest BCUT2D eigenvalue weighted by molar-refractivity contribution is -0.137. The van der Waals surface area contributed by atoms with Crippen LogP contribution in [0.5, 0.6) is 0 Å². The number of carbonyl (C=O) groups is 1. The van der Waals surface area contributed by atoms with E-state index in [0.29, 0.717) is 45.0 Å². The SMILES string of the molecule is CN=C(NCCNC(=O)C(C)(C)C)N1CCN(c2cccc(C(F)(F)F)c2)CC1. The fourth-order valence-electron chi connectivity index (χ4n) is 3.00. The Kier molecular flexibility index (Phi) is 7.37. The van der Waals surface area contributed by atoms with Gasteiger partial charge in [-0.15, -0.1) is 0 Å². The third-order valence-corrected chi connectivity index (χ3v) is 4.70. The predicted octanol–water partition coefficient (Wildman–Crippen LogP) is 2.57. The van der Waals surface area contributed by atoms with Crippen LogP contribution in [0.3, 0.4) is 0 Å². The summed E-state index contributed by atoms with van der Waals surface area (Å²) in [5.74, 6) is 0.711. The van der Waals surface area contributed by atoms with E-state index in [4.69, 9.17) is 0 Å². The molecule has 1 saturated heterocycles. The minimum atomic E-state index is -4.34. The van der Waals surface area contributed by atoms with Crippen LogP contribution in [0.15, 0.2) is 29.3 Å². The van der Waals surface area contributed by atoms with Gasteiger partial charge in [0.2, 0.25) is 5.91 Å². The van der Waals surface area contributed by atoms with E-state index in [-0.39, 0.29) is 5.91 Å². The van der Waals surface area contributed by atoms with Gasteiger partial charge in [0.15, 0.2) is 5.96 Å². The van der Waals surface area contributed by atoms with E-state index in [9.17, 15) is 18.0 Å². The summed E-state index contributed by atoms with van der Waals surface area (Å²) in [5, 5.41) is 6.10. The van der Waals surface area contributed by atoms with E-state index >= 15 is 0 Å². The van der Waals surface area contributed by atoms with Crippen molar-refractivity contribution in [3.05, 3.63) is 29.8 Å². The highest BCUT2D eigenvalue weighted by atomic mass is 19.4. The molecule has 0 spiro atoms. The molecule has 1 aromatic rings. The van der Waals surface area contributed by atoms with Crippen LogP contribution in [0.4, 0.5) is 18.9 Å². The Morgan fingerprint density at radius 2 is 1.69 bits per heavy atom. The van der Waals surface area contributed by atoms with Crippen LogP contribution < -0.4 is 15.5 Å². The van der Waals surface area contributed by atoms with Crippen LogP contribution in [0, 0.1) is 5.41 Å². The summed E-state index contributed by atoms with van der Waals surface area (Å²) in [6.07, 6.45) is -4.34. The quantitative estimate of drug-likeness (QED) is 0.453. The molecule has 2 N–H and O–H groups in total. The molecule has 0 unspecified atom stereocenters. The summed E-state index contributed by atoms with van der Waals surface area (Å²) in [6, 6.07) is 5.43. The van der Waals surface area contributed by atoms with Crippen molar-refractivity contribution in [2.45, 2.75) is 26.9 Å². The average Bonchev–Trinajstić information content (AvgIpc) is 2.67. The molecule has 9 heteroatoms. The second kappa shape index (κ2) is 9.37. The average molecular weight is 413 g/mol. The highest BCUT2D eigenvalue weighted by Crippen LogP contribution is 2.31. The van der Waals surface area contributed by atoms with Gasteiger partial charge in [0.25, 0.3) is 0 Å². The number of hydrogen-bond acceptors (Lipinski definition) is 3. The van der Waals surface area contributed by atoms with Gasteiger partial charge in [0.05, 0.1) is 5.56 Å². The number of benzene rings is 1. The molecule has 0 aromatic heterocycles. The lowest BCUT2D eigenvalue weighted by Crippen LogP contribution is -2.53. The number of anilines is 1. The number of rotatable bonds is 4. The number of carbonyl (C=O) groups excluding carboxylic acids is 1. The number of halogens is 3. The van der Waals surface area contributed by atoms with E-state index in [2.05, 4.69) is 20.5 Å². The number of nitrogens with one attached hydrogen (secondary N) is 2. The van der Waals surface area contributed by atoms with E-state index in [1.807, 2.05) is 25.7 Å². The van der Waals surface area contributed by atoms with Crippen LogP contribution >= 0.6 is 0 Å². The van der Waals surface area contributed by atoms with E-state index in [1.54, 1.807) is 13.1 Å². The molecular weight excluding hydrogens is 383 g/mol. The number of nitrogens with zero attached hydrogens (tertiary/aromatic N) is 3. The van der Waals surface area contributed by atoms with Crippen molar-refractivity contribution in [1.29, 1.82) is 0 Å². The largest absolute Gasteiger partial charge is 0.416 e. The smallest absolute Gasteiger partial charge is 0.368 e. The summed E-state index contributed by atoms with van der Waals surface area (Å²) < 4.78 is 38.8. The van der Waals surface area contributed by atoms with Gasteiger partial charge in [0.1, 0.15) is 0 Å². The van der Waals surface area contributed by atoms with E-state index in [0.717, 1.165) is 12.0 Å². The summed E-state index contributed by atoms with van der Waals surface area (Å²) in [5.41, 5.74) is -0.485. The van der Waals surface area contributed by atoms with Crippen LogP contribution in [0.25, 0.3) is 0 Å². The lowest BCUT2D eigenvalue weighted by Gasteiger charge is -2.37. The molecule has 1 fully saturated rings. The first kappa shape index (κ1) is 22.8. The Hall–Kier alpha value is -2.45. The Morgan fingerprint density at radius 3 is 2.24 bits per heavy atom. The molecule has 1 amide bonds. The van der Waals surface area contributed by atoms with Crippen molar-refractivity contribution in [2.75, 3.05) is 51.2 Å². The number of aliphatic imine (C=N–C) groups is 1. The molecule has 0 radical (unpaired) electrons. The highest BCUT2D eigenvalue weighted by molar-refractivity contribution is 5.82. The van der Waals surface area contributed by atoms with Gasteiger partial charge in [-0.1, -0.05) is 26.8 Å². The van der Waals surface area contributed by atoms with Gasteiger partial charge >= 0.3 is 6.18 Å². The number of guanidine groups is 1. The molecule has 1 aromatic carbocycles. The van der Waals surface area contributed by atoms with Gasteiger partial charge in [-0.3, -0.25) is 9.79 Å². The molecule has 0 bridgehead atoms. The Labute approximate surface area is 170 Å². The van der Waals surface area contributed by atoms with Crippen molar-refractivity contribution >= 4 is 17.6 Å². The summed E-state index contributed by atoms with van der Waals surface area (Å²) in [6.45, 7) is 9.09. The van der Waals surface area contributed by atoms with E-state index in [1.165, 1.54) is 12.1 Å². The zero-order chi connectivity index (χ0) is 21.7. The molecule has 1 heterocycles. The molecule has 6 nitrogen and oxygen atoms in total. The number of alkyl halides is 3. The Balaban J connectivity index is 1.84. The van der Waals surface area contributed by atoms with Gasteiger partial charge in [-0.05, 0) is 18.2 Å². The molecule has 0 saturated carbocycles. The fourth-order valence-corrected chi connectivity index (χ4v) is 3.00. The highest BCUT2D eigenvalue weighted by Gasteiger charge is 2.31. The zero-order valence-electron chi connectivity index (χ0n) is 17.4. The first-order chi connectivity index (χ1) is 13.5. The summed E-state index contributed by atoms with van der Waals surface area (Å²) >= 11 is 0. The number of hydrogen-bond donors (Lipinski definition) is 2. The minimum Gasteiger partial charge on any atom is -0.368 e. The second-order valence-corrected chi connectivity index (χ2v) is 8.00. The Morgan fingerprint density at radius 1 is 1.07 bits per heavy atom. The second-order valence-electron chi connectivity index (χ2n) is 8.00. The summed E-state index contributed by atoms with van der Waals surface area (Å²) in [4.78, 5) is 20.2. The molecule has 0 aliphatic carbocycles. The van der Waals surface area contributed by atoms with Crippen LogP contribution in [0.1, 0.15) is 26.3 Å². The maximum Gasteiger partial charge on any atom is 0.416 e. The molecule has 0 atom stereocenters. The normalized spacial score (nSPS) is 16.0. The molecule has 162 valence electrons. The van der Waals surface area contributed by atoms with Gasteiger partial charge in [-0.2, -0.15) is 13.2 Å². The maximum absolute atomic E-state index is 12.9.